The number of hydrogen-bond donors (Lipinski definition) is 1. The zero-order chi connectivity index (χ0) is 14.0. The van der Waals surface area contributed by atoms with E-state index in [1.165, 1.54) is 5.56 Å². The molecule has 0 bridgehead atoms. The minimum Gasteiger partial charge on any atom is -0.384 e. The average Bonchev–Trinajstić information content (AvgIpc) is 2.48. The van der Waals surface area contributed by atoms with Crippen LogP contribution in [0.2, 0.25) is 0 Å². The summed E-state index contributed by atoms with van der Waals surface area (Å²) in [4.78, 5) is 9.18. The van der Waals surface area contributed by atoms with Gasteiger partial charge in [0.25, 0.3) is 0 Å². The van der Waals surface area contributed by atoms with Gasteiger partial charge in [0.05, 0.1) is 5.41 Å². The normalized spacial score (nSPS) is 17.9. The van der Waals surface area contributed by atoms with Crippen LogP contribution in [0.15, 0.2) is 36.4 Å². The lowest BCUT2D eigenvalue weighted by Gasteiger charge is -2.36. The maximum atomic E-state index is 5.92. The molecule has 4 nitrogen and oxygen atoms in total. The largest absolute Gasteiger partial charge is 0.384 e. The number of hydrogen-bond acceptors (Lipinski definition) is 4. The first-order valence-electron chi connectivity index (χ1n) is 6.96. The number of benzene rings is 1. The van der Waals surface area contributed by atoms with Gasteiger partial charge in [-0.2, -0.15) is 0 Å². The minimum atomic E-state index is -0.181. The third-order valence-corrected chi connectivity index (χ3v) is 3.97. The predicted molar refractivity (Wildman–Crippen MR) is 78.5 cm³/mol. The Balaban J connectivity index is 2.15. The number of rotatable bonds is 2. The zero-order valence-corrected chi connectivity index (χ0v) is 11.7. The molecular weight excluding hydrogens is 250 g/mol. The highest BCUT2D eigenvalue weighted by molar-refractivity contribution is 5.38. The lowest BCUT2D eigenvalue weighted by Crippen LogP contribution is -2.37. The van der Waals surface area contributed by atoms with E-state index in [1.54, 1.807) is 0 Å². The number of ether oxygens (including phenoxy) is 1. The Hall–Kier alpha value is -1.94. The highest BCUT2D eigenvalue weighted by atomic mass is 16.5. The molecule has 104 valence electrons. The predicted octanol–water partition coefficient (Wildman–Crippen LogP) is 2.46. The molecule has 1 aromatic carbocycles. The van der Waals surface area contributed by atoms with Gasteiger partial charge >= 0.3 is 0 Å². The van der Waals surface area contributed by atoms with Crippen molar-refractivity contribution >= 4 is 5.82 Å². The summed E-state index contributed by atoms with van der Waals surface area (Å²) in [6.07, 6.45) is 1.78. The van der Waals surface area contributed by atoms with Crippen molar-refractivity contribution in [3.8, 4) is 0 Å². The van der Waals surface area contributed by atoms with Crippen LogP contribution in [0.4, 0.5) is 5.82 Å². The molecule has 2 N–H and O–H groups in total. The van der Waals surface area contributed by atoms with Gasteiger partial charge in [-0.1, -0.05) is 30.3 Å². The highest BCUT2D eigenvalue weighted by Crippen LogP contribution is 2.39. The van der Waals surface area contributed by atoms with Gasteiger partial charge in [-0.15, -0.1) is 0 Å². The molecule has 3 rings (SSSR count). The fraction of sp³-hybridized carbons (Fsp3) is 0.375. The molecule has 0 saturated carbocycles. The van der Waals surface area contributed by atoms with Crippen molar-refractivity contribution in [1.82, 2.24) is 9.97 Å². The number of anilines is 1. The lowest BCUT2D eigenvalue weighted by molar-refractivity contribution is 0.0604. The van der Waals surface area contributed by atoms with E-state index in [1.807, 2.05) is 19.1 Å². The van der Waals surface area contributed by atoms with Gasteiger partial charge in [0.1, 0.15) is 11.6 Å². The van der Waals surface area contributed by atoms with Crippen LogP contribution in [0, 0.1) is 6.92 Å². The first-order chi connectivity index (χ1) is 9.71. The number of nitrogens with two attached hydrogens (primary N) is 1. The van der Waals surface area contributed by atoms with Crippen LogP contribution >= 0.6 is 0 Å². The van der Waals surface area contributed by atoms with Crippen LogP contribution in [-0.2, 0) is 10.2 Å². The summed E-state index contributed by atoms with van der Waals surface area (Å²) in [6.45, 7) is 3.41. The van der Waals surface area contributed by atoms with Gasteiger partial charge in [0, 0.05) is 25.0 Å². The molecule has 0 atom stereocenters. The van der Waals surface area contributed by atoms with E-state index in [2.05, 4.69) is 34.2 Å². The van der Waals surface area contributed by atoms with Gasteiger partial charge in [-0.3, -0.25) is 0 Å². The molecule has 0 unspecified atom stereocenters. The standard InChI is InChI=1S/C16H19N3O/c1-12-11-14(17)19-15(18-12)16(7-9-20-10-8-16)13-5-3-2-4-6-13/h2-6,11H,7-10H2,1H3,(H2,17,18,19). The van der Waals surface area contributed by atoms with Gasteiger partial charge in [0.15, 0.2) is 0 Å². The number of nitrogen functional groups attached to an aromatic ring is 1. The minimum absolute atomic E-state index is 0.181. The molecule has 0 spiro atoms. The van der Waals surface area contributed by atoms with Crippen molar-refractivity contribution in [2.24, 2.45) is 0 Å². The van der Waals surface area contributed by atoms with Crippen molar-refractivity contribution in [1.29, 1.82) is 0 Å². The summed E-state index contributed by atoms with van der Waals surface area (Å²) in [7, 11) is 0. The van der Waals surface area contributed by atoms with Crippen molar-refractivity contribution in [2.75, 3.05) is 18.9 Å². The molecule has 4 heteroatoms. The Bertz CT molecular complexity index is 572. The smallest absolute Gasteiger partial charge is 0.141 e. The Morgan fingerprint density at radius 2 is 1.80 bits per heavy atom. The second-order valence-corrected chi connectivity index (χ2v) is 5.32. The van der Waals surface area contributed by atoms with Crippen molar-refractivity contribution < 1.29 is 4.74 Å². The van der Waals surface area contributed by atoms with Crippen molar-refractivity contribution in [2.45, 2.75) is 25.2 Å². The van der Waals surface area contributed by atoms with Crippen LogP contribution in [0.5, 0.6) is 0 Å². The summed E-state index contributed by atoms with van der Waals surface area (Å²) in [5.74, 6) is 1.36. The second kappa shape index (κ2) is 5.21. The van der Waals surface area contributed by atoms with E-state index in [0.29, 0.717) is 5.82 Å². The molecule has 1 aromatic heterocycles. The van der Waals surface area contributed by atoms with Crippen LogP contribution < -0.4 is 5.73 Å². The van der Waals surface area contributed by atoms with Crippen LogP contribution in [0.25, 0.3) is 0 Å². The summed E-state index contributed by atoms with van der Waals surface area (Å²) >= 11 is 0. The first-order valence-corrected chi connectivity index (χ1v) is 6.96. The highest BCUT2D eigenvalue weighted by Gasteiger charge is 2.39. The van der Waals surface area contributed by atoms with Crippen molar-refractivity contribution in [3.63, 3.8) is 0 Å². The summed E-state index contributed by atoms with van der Waals surface area (Å²) in [6, 6.07) is 12.3. The molecule has 1 fully saturated rings. The quantitative estimate of drug-likeness (QED) is 0.909. The molecule has 20 heavy (non-hydrogen) atoms. The van der Waals surface area contributed by atoms with Crippen molar-refractivity contribution in [3.05, 3.63) is 53.5 Å². The number of nitrogens with zero attached hydrogens (tertiary/aromatic N) is 2. The summed E-state index contributed by atoms with van der Waals surface area (Å²) in [5, 5.41) is 0. The Morgan fingerprint density at radius 1 is 1.10 bits per heavy atom. The van der Waals surface area contributed by atoms with Gasteiger partial charge in [0.2, 0.25) is 0 Å². The van der Waals surface area contributed by atoms with Crippen LogP contribution in [0.1, 0.15) is 29.9 Å². The van der Waals surface area contributed by atoms with E-state index in [4.69, 9.17) is 10.5 Å². The Kier molecular flexibility index (Phi) is 3.40. The average molecular weight is 269 g/mol. The molecule has 0 radical (unpaired) electrons. The van der Waals surface area contributed by atoms with E-state index >= 15 is 0 Å². The third-order valence-electron chi connectivity index (χ3n) is 3.97. The maximum Gasteiger partial charge on any atom is 0.141 e. The number of aryl methyl sites for hydroxylation is 1. The van der Waals surface area contributed by atoms with E-state index < -0.39 is 0 Å². The van der Waals surface area contributed by atoms with E-state index in [9.17, 15) is 0 Å². The molecular formula is C16H19N3O. The molecule has 0 amide bonds. The topological polar surface area (TPSA) is 61.0 Å². The van der Waals surface area contributed by atoms with Crippen LogP contribution in [0.3, 0.4) is 0 Å². The lowest BCUT2D eigenvalue weighted by atomic mass is 9.73. The summed E-state index contributed by atoms with van der Waals surface area (Å²) in [5.41, 5.74) is 7.89. The fourth-order valence-electron chi connectivity index (χ4n) is 2.93. The monoisotopic (exact) mass is 269 g/mol. The Morgan fingerprint density at radius 3 is 2.45 bits per heavy atom. The molecule has 2 heterocycles. The Labute approximate surface area is 119 Å². The first kappa shape index (κ1) is 13.1. The molecule has 1 aliphatic rings. The van der Waals surface area contributed by atoms with Gasteiger partial charge in [-0.25, -0.2) is 9.97 Å². The molecule has 2 aromatic rings. The second-order valence-electron chi connectivity index (χ2n) is 5.32. The van der Waals surface area contributed by atoms with Gasteiger partial charge < -0.3 is 10.5 Å². The maximum absolute atomic E-state index is 5.92. The molecule has 1 saturated heterocycles. The fourth-order valence-corrected chi connectivity index (χ4v) is 2.93. The van der Waals surface area contributed by atoms with E-state index in [-0.39, 0.29) is 5.41 Å². The van der Waals surface area contributed by atoms with Crippen LogP contribution in [-0.4, -0.2) is 23.2 Å². The zero-order valence-electron chi connectivity index (χ0n) is 11.7. The van der Waals surface area contributed by atoms with E-state index in [0.717, 1.165) is 37.6 Å². The molecule has 0 aliphatic carbocycles. The number of aromatic nitrogens is 2. The van der Waals surface area contributed by atoms with Gasteiger partial charge in [-0.05, 0) is 25.3 Å². The SMILES string of the molecule is Cc1cc(N)nc(C2(c3ccccc3)CCOCC2)n1. The third kappa shape index (κ3) is 2.27. The molecule has 1 aliphatic heterocycles. The summed E-state index contributed by atoms with van der Waals surface area (Å²) < 4.78 is 5.54.